The highest BCUT2D eigenvalue weighted by Gasteiger charge is 2.38. The molecular weight excluding hydrogens is 328 g/mol. The topological polar surface area (TPSA) is 92.4 Å². The molecule has 0 fully saturated rings. The highest BCUT2D eigenvalue weighted by Crippen LogP contribution is 2.46. The van der Waals surface area contributed by atoms with Crippen LogP contribution in [0.15, 0.2) is 54.1 Å². The van der Waals surface area contributed by atoms with Crippen LogP contribution >= 0.6 is 0 Å². The van der Waals surface area contributed by atoms with Gasteiger partial charge in [0.1, 0.15) is 0 Å². The molecule has 0 aromatic heterocycles. The van der Waals surface area contributed by atoms with Gasteiger partial charge in [0.05, 0.1) is 28.5 Å². The fourth-order valence-electron chi connectivity index (χ4n) is 3.82. The molecule has 1 unspecified atom stereocenters. The van der Waals surface area contributed by atoms with Crippen molar-refractivity contribution in [2.24, 2.45) is 0 Å². The van der Waals surface area contributed by atoms with E-state index in [9.17, 15) is 14.7 Å². The standard InChI is InChI=1S/C21H14N2O3/c22-17-13-9-10-5-1-4-8-14(10)23-18(13)15-16(21(17)26)20(25)12-7-3-2-6-11(12)19(15)24/h1-9,14,23,26H,22H2. The molecule has 0 saturated heterocycles. The van der Waals surface area contributed by atoms with Gasteiger partial charge in [-0.15, -0.1) is 0 Å². The molecule has 26 heavy (non-hydrogen) atoms. The fourth-order valence-corrected chi connectivity index (χ4v) is 3.82. The highest BCUT2D eigenvalue weighted by molar-refractivity contribution is 6.32. The molecule has 0 radical (unpaired) electrons. The largest absolute Gasteiger partial charge is 0.505 e. The predicted molar refractivity (Wildman–Crippen MR) is 99.5 cm³/mol. The van der Waals surface area contributed by atoms with E-state index in [1.54, 1.807) is 24.3 Å². The highest BCUT2D eigenvalue weighted by atomic mass is 16.3. The van der Waals surface area contributed by atoms with E-state index in [1.807, 2.05) is 30.4 Å². The van der Waals surface area contributed by atoms with E-state index >= 15 is 0 Å². The number of rotatable bonds is 0. The fraction of sp³-hybridized carbons (Fsp3) is 0.0476. The number of aromatic hydroxyl groups is 1. The molecule has 3 aliphatic rings. The second-order valence-electron chi connectivity index (χ2n) is 6.52. The van der Waals surface area contributed by atoms with Gasteiger partial charge in [0.15, 0.2) is 17.3 Å². The number of allylic oxidation sites excluding steroid dienone is 2. The van der Waals surface area contributed by atoms with Crippen molar-refractivity contribution in [3.05, 3.63) is 82.0 Å². The van der Waals surface area contributed by atoms with Crippen LogP contribution in [0.1, 0.15) is 37.4 Å². The Balaban J connectivity index is 1.85. The third kappa shape index (κ3) is 1.74. The Kier molecular flexibility index (Phi) is 2.80. The molecule has 126 valence electrons. The van der Waals surface area contributed by atoms with Crippen molar-refractivity contribution >= 4 is 29.0 Å². The normalized spacial score (nSPS) is 19.1. The van der Waals surface area contributed by atoms with Crippen LogP contribution < -0.4 is 11.1 Å². The van der Waals surface area contributed by atoms with Gasteiger partial charge in [-0.25, -0.2) is 0 Å². The van der Waals surface area contributed by atoms with Gasteiger partial charge in [0, 0.05) is 16.7 Å². The number of nitrogens with two attached hydrogens (primary N) is 1. The van der Waals surface area contributed by atoms with Gasteiger partial charge in [-0.3, -0.25) is 9.59 Å². The number of phenolic OH excluding ortho intramolecular Hbond substituents is 1. The van der Waals surface area contributed by atoms with E-state index in [4.69, 9.17) is 5.73 Å². The average molecular weight is 342 g/mol. The third-order valence-electron chi connectivity index (χ3n) is 5.10. The Hall–Kier alpha value is -3.60. The molecule has 0 spiro atoms. The van der Waals surface area contributed by atoms with Gasteiger partial charge < -0.3 is 16.2 Å². The van der Waals surface area contributed by atoms with E-state index in [0.717, 1.165) is 5.57 Å². The smallest absolute Gasteiger partial charge is 0.198 e. The maximum atomic E-state index is 13.2. The number of nitrogen functional groups attached to an aromatic ring is 1. The lowest BCUT2D eigenvalue weighted by atomic mass is 9.79. The van der Waals surface area contributed by atoms with Crippen LogP contribution in [0.4, 0.5) is 11.4 Å². The minimum Gasteiger partial charge on any atom is -0.505 e. The summed E-state index contributed by atoms with van der Waals surface area (Å²) in [4.78, 5) is 26.1. The van der Waals surface area contributed by atoms with Gasteiger partial charge >= 0.3 is 0 Å². The van der Waals surface area contributed by atoms with Crippen LogP contribution in [0.5, 0.6) is 5.75 Å². The third-order valence-corrected chi connectivity index (χ3v) is 5.10. The van der Waals surface area contributed by atoms with Crippen LogP contribution in [0.25, 0.3) is 6.08 Å². The van der Waals surface area contributed by atoms with Crippen LogP contribution in [0.3, 0.4) is 0 Å². The minimum absolute atomic E-state index is 0.0235. The molecule has 0 saturated carbocycles. The Bertz CT molecular complexity index is 1120. The van der Waals surface area contributed by atoms with Gasteiger partial charge in [0.25, 0.3) is 0 Å². The minimum atomic E-state index is -0.391. The van der Waals surface area contributed by atoms with Crippen LogP contribution in [-0.4, -0.2) is 22.7 Å². The van der Waals surface area contributed by atoms with E-state index in [0.29, 0.717) is 16.8 Å². The summed E-state index contributed by atoms with van der Waals surface area (Å²) in [5, 5.41) is 13.9. The molecule has 2 aromatic rings. The molecule has 2 aliphatic carbocycles. The molecule has 0 bridgehead atoms. The summed E-state index contributed by atoms with van der Waals surface area (Å²) in [6.45, 7) is 0. The van der Waals surface area contributed by atoms with Crippen molar-refractivity contribution in [2.45, 2.75) is 6.04 Å². The number of hydrogen-bond donors (Lipinski definition) is 3. The average Bonchev–Trinajstić information content (AvgIpc) is 2.67. The Labute approximate surface area is 149 Å². The van der Waals surface area contributed by atoms with Crippen LogP contribution in [-0.2, 0) is 0 Å². The molecule has 2 aromatic carbocycles. The van der Waals surface area contributed by atoms with Gasteiger partial charge in [-0.05, 0) is 11.6 Å². The first-order valence-electron chi connectivity index (χ1n) is 8.27. The molecule has 4 N–H and O–H groups in total. The number of nitrogens with one attached hydrogen (secondary N) is 1. The number of phenols is 1. The summed E-state index contributed by atoms with van der Waals surface area (Å²) in [5.74, 6) is -1.02. The van der Waals surface area contributed by atoms with Crippen molar-refractivity contribution in [3.8, 4) is 5.75 Å². The molecular formula is C21H14N2O3. The number of carbonyl (C=O) groups excluding carboxylic acids is 2. The first-order valence-corrected chi connectivity index (χ1v) is 8.27. The summed E-state index contributed by atoms with van der Waals surface area (Å²) in [5.41, 5.74) is 9.03. The lowest BCUT2D eigenvalue weighted by Crippen LogP contribution is -2.29. The van der Waals surface area contributed by atoms with E-state index in [2.05, 4.69) is 5.32 Å². The Morgan fingerprint density at radius 1 is 1.00 bits per heavy atom. The molecule has 1 atom stereocenters. The maximum absolute atomic E-state index is 13.2. The molecule has 5 nitrogen and oxygen atoms in total. The number of fused-ring (bicyclic) bond motifs is 5. The summed E-state index contributed by atoms with van der Waals surface area (Å²) in [6, 6.07) is 6.53. The van der Waals surface area contributed by atoms with E-state index in [-0.39, 0.29) is 40.0 Å². The molecule has 1 heterocycles. The lowest BCUT2D eigenvalue weighted by molar-refractivity contribution is 0.0977. The van der Waals surface area contributed by atoms with Gasteiger partial charge in [-0.1, -0.05) is 48.6 Å². The molecule has 0 amide bonds. The van der Waals surface area contributed by atoms with Crippen molar-refractivity contribution in [2.75, 3.05) is 11.1 Å². The van der Waals surface area contributed by atoms with Gasteiger partial charge in [0.2, 0.25) is 0 Å². The molecule has 5 rings (SSSR count). The first-order chi connectivity index (χ1) is 12.6. The van der Waals surface area contributed by atoms with Crippen molar-refractivity contribution < 1.29 is 14.7 Å². The van der Waals surface area contributed by atoms with Crippen LogP contribution in [0, 0.1) is 0 Å². The zero-order valence-electron chi connectivity index (χ0n) is 13.6. The summed E-state index contributed by atoms with van der Waals surface area (Å²) in [6.07, 6.45) is 9.59. The quantitative estimate of drug-likeness (QED) is 0.332. The Morgan fingerprint density at radius 2 is 1.69 bits per heavy atom. The van der Waals surface area contributed by atoms with Gasteiger partial charge in [-0.2, -0.15) is 0 Å². The molecule has 1 aliphatic heterocycles. The van der Waals surface area contributed by atoms with Crippen molar-refractivity contribution in [1.29, 1.82) is 0 Å². The number of anilines is 2. The second kappa shape index (κ2) is 4.95. The van der Waals surface area contributed by atoms with E-state index in [1.165, 1.54) is 0 Å². The van der Waals surface area contributed by atoms with Crippen molar-refractivity contribution in [3.63, 3.8) is 0 Å². The van der Waals surface area contributed by atoms with Crippen molar-refractivity contribution in [1.82, 2.24) is 0 Å². The lowest BCUT2D eigenvalue weighted by Gasteiger charge is -2.31. The summed E-state index contributed by atoms with van der Waals surface area (Å²) >= 11 is 0. The first kappa shape index (κ1) is 14.7. The maximum Gasteiger partial charge on any atom is 0.198 e. The predicted octanol–water partition coefficient (Wildman–Crippen LogP) is 3.05. The summed E-state index contributed by atoms with van der Waals surface area (Å²) < 4.78 is 0. The number of benzene rings is 2. The zero-order valence-corrected chi connectivity index (χ0v) is 13.6. The summed E-state index contributed by atoms with van der Waals surface area (Å²) in [7, 11) is 0. The number of ketones is 2. The zero-order chi connectivity index (χ0) is 18.0. The SMILES string of the molecule is Nc1c(O)c2c(c3c1C=C1C=CC=CC1N3)C(=O)c1ccccc1C2=O. The number of carbonyl (C=O) groups is 2. The number of hydrogen-bond acceptors (Lipinski definition) is 5. The Morgan fingerprint density at radius 3 is 2.42 bits per heavy atom. The monoisotopic (exact) mass is 342 g/mol. The second-order valence-corrected chi connectivity index (χ2v) is 6.52. The van der Waals surface area contributed by atoms with E-state index < -0.39 is 5.78 Å². The van der Waals surface area contributed by atoms with Crippen LogP contribution in [0.2, 0.25) is 0 Å². The molecule has 5 heteroatoms.